The monoisotopic (exact) mass is 624 g/mol. The Balaban J connectivity index is 1.16. The molecule has 0 bridgehead atoms. The Morgan fingerprint density at radius 3 is 2.11 bits per heavy atom. The van der Waals surface area contributed by atoms with Crippen molar-refractivity contribution in [3.05, 3.63) is 130 Å². The minimum atomic E-state index is -3.60. The average molecular weight is 625 g/mol. The van der Waals surface area contributed by atoms with Gasteiger partial charge < -0.3 is 0 Å². The first-order valence-electron chi connectivity index (χ1n) is 15.2. The molecule has 5 aromatic rings. The van der Waals surface area contributed by atoms with E-state index in [1.807, 2.05) is 25.1 Å². The molecule has 9 nitrogen and oxygen atoms in total. The molecule has 10 heteroatoms. The Kier molecular flexibility index (Phi) is 9.63. The Hall–Kier alpha value is -4.57. The zero-order valence-electron chi connectivity index (χ0n) is 26.3. The number of aromatic nitrogens is 5. The van der Waals surface area contributed by atoms with E-state index < -0.39 is 10.0 Å². The molecule has 2 heterocycles. The first-order valence-corrected chi connectivity index (χ1v) is 16.9. The van der Waals surface area contributed by atoms with Crippen LogP contribution in [-0.4, -0.2) is 32.7 Å². The Morgan fingerprint density at radius 2 is 1.49 bits per heavy atom. The second-order valence-corrected chi connectivity index (χ2v) is 14.0. The molecule has 45 heavy (non-hydrogen) atoms. The van der Waals surface area contributed by atoms with Gasteiger partial charge in [0.15, 0.2) is 5.82 Å². The van der Waals surface area contributed by atoms with Crippen LogP contribution < -0.4 is 10.4 Å². The number of benzene rings is 3. The standard InChI is InChI=1S/C35H40N6O3S/c1-5-40-33(38-41(34(40)42)24-27-16-20-30(21-17-27)35(2,3)4)13-9-12-26-14-18-29(19-15-26)31-22-37-32(23-36-31)39-45(43,44)25-28-10-7-6-8-11-28/h6-8,10-11,14-23H,5,9,12-13,24-25H2,1-4H3,(H,37,39). The van der Waals surface area contributed by atoms with Gasteiger partial charge in [-0.2, -0.15) is 5.10 Å². The van der Waals surface area contributed by atoms with Gasteiger partial charge >= 0.3 is 5.69 Å². The van der Waals surface area contributed by atoms with E-state index in [9.17, 15) is 13.2 Å². The SMILES string of the molecule is CCn1c(CCCc2ccc(-c3cnc(NS(=O)(=O)Cc4ccccc4)cn3)cc2)nn(Cc2ccc(C(C)(C)C)cc2)c1=O. The third-order valence-electron chi connectivity index (χ3n) is 7.69. The topological polar surface area (TPSA) is 112 Å². The highest BCUT2D eigenvalue weighted by molar-refractivity contribution is 7.91. The third-order valence-corrected chi connectivity index (χ3v) is 8.93. The molecule has 5 rings (SSSR count). The number of hydrogen-bond acceptors (Lipinski definition) is 6. The summed E-state index contributed by atoms with van der Waals surface area (Å²) in [7, 11) is -3.60. The van der Waals surface area contributed by atoms with Crippen LogP contribution in [0, 0.1) is 0 Å². The molecule has 0 aliphatic rings. The van der Waals surface area contributed by atoms with Crippen molar-refractivity contribution in [2.75, 3.05) is 4.72 Å². The van der Waals surface area contributed by atoms with Crippen molar-refractivity contribution in [1.82, 2.24) is 24.3 Å². The van der Waals surface area contributed by atoms with Gasteiger partial charge in [0.25, 0.3) is 0 Å². The van der Waals surface area contributed by atoms with Crippen LogP contribution in [0.1, 0.15) is 62.2 Å². The summed E-state index contributed by atoms with van der Waals surface area (Å²) in [4.78, 5) is 21.7. The summed E-state index contributed by atoms with van der Waals surface area (Å²) in [6.07, 6.45) is 5.39. The highest BCUT2D eigenvalue weighted by Gasteiger charge is 2.16. The van der Waals surface area contributed by atoms with Crippen molar-refractivity contribution in [3.8, 4) is 11.3 Å². The van der Waals surface area contributed by atoms with E-state index >= 15 is 0 Å². The zero-order chi connectivity index (χ0) is 32.0. The zero-order valence-corrected chi connectivity index (χ0v) is 27.1. The molecule has 0 radical (unpaired) electrons. The van der Waals surface area contributed by atoms with Crippen LogP contribution in [0.3, 0.4) is 0 Å². The summed E-state index contributed by atoms with van der Waals surface area (Å²) in [5.41, 5.74) is 5.73. The van der Waals surface area contributed by atoms with Crippen LogP contribution in [0.4, 0.5) is 5.82 Å². The predicted molar refractivity (Wildman–Crippen MR) is 179 cm³/mol. The minimum absolute atomic E-state index is 0.0760. The molecular formula is C35H40N6O3S. The minimum Gasteiger partial charge on any atom is -0.279 e. The fourth-order valence-corrected chi connectivity index (χ4v) is 6.31. The predicted octanol–water partition coefficient (Wildman–Crippen LogP) is 5.98. The summed E-state index contributed by atoms with van der Waals surface area (Å²) in [6, 6.07) is 25.5. The molecule has 0 aliphatic carbocycles. The second-order valence-electron chi connectivity index (χ2n) is 12.2. The summed E-state index contributed by atoms with van der Waals surface area (Å²) >= 11 is 0. The van der Waals surface area contributed by atoms with Crippen LogP contribution in [0.15, 0.2) is 96.1 Å². The fraction of sp³-hybridized carbons (Fsp3) is 0.314. The van der Waals surface area contributed by atoms with E-state index in [1.165, 1.54) is 17.3 Å². The molecule has 0 aliphatic heterocycles. The van der Waals surface area contributed by atoms with Crippen LogP contribution in [0.5, 0.6) is 0 Å². The summed E-state index contributed by atoms with van der Waals surface area (Å²) in [5, 5.41) is 4.69. The number of nitrogens with one attached hydrogen (secondary N) is 1. The smallest absolute Gasteiger partial charge is 0.279 e. The molecule has 0 unspecified atom stereocenters. The van der Waals surface area contributed by atoms with Crippen molar-refractivity contribution in [1.29, 1.82) is 0 Å². The number of nitrogens with zero attached hydrogens (tertiary/aromatic N) is 5. The van der Waals surface area contributed by atoms with Crippen LogP contribution in [0.2, 0.25) is 0 Å². The lowest BCUT2D eigenvalue weighted by atomic mass is 9.87. The lowest BCUT2D eigenvalue weighted by Crippen LogP contribution is -2.25. The summed E-state index contributed by atoms with van der Waals surface area (Å²) in [6.45, 7) is 9.58. The maximum absolute atomic E-state index is 13.0. The molecule has 3 aromatic carbocycles. The lowest BCUT2D eigenvalue weighted by Gasteiger charge is -2.19. The number of sulfonamides is 1. The lowest BCUT2D eigenvalue weighted by molar-refractivity contribution is 0.588. The van der Waals surface area contributed by atoms with Gasteiger partial charge in [0.1, 0.15) is 5.82 Å². The molecule has 0 atom stereocenters. The molecule has 2 aromatic heterocycles. The van der Waals surface area contributed by atoms with Crippen LogP contribution in [0.25, 0.3) is 11.3 Å². The summed E-state index contributed by atoms with van der Waals surface area (Å²) in [5.74, 6) is 0.849. The van der Waals surface area contributed by atoms with E-state index in [-0.39, 0.29) is 22.7 Å². The first-order chi connectivity index (χ1) is 21.5. The molecule has 234 valence electrons. The molecule has 1 N–H and O–H groups in total. The molecule has 0 saturated heterocycles. The van der Waals surface area contributed by atoms with Gasteiger partial charge in [-0.05, 0) is 47.4 Å². The maximum atomic E-state index is 13.0. The van der Waals surface area contributed by atoms with Gasteiger partial charge in [-0.1, -0.05) is 99.6 Å². The Morgan fingerprint density at radius 1 is 0.800 bits per heavy atom. The maximum Gasteiger partial charge on any atom is 0.346 e. The van der Waals surface area contributed by atoms with E-state index in [1.54, 1.807) is 39.7 Å². The average Bonchev–Trinajstić information content (AvgIpc) is 3.31. The van der Waals surface area contributed by atoms with Gasteiger partial charge in [-0.25, -0.2) is 22.9 Å². The van der Waals surface area contributed by atoms with Crippen molar-refractivity contribution >= 4 is 15.8 Å². The number of anilines is 1. The number of rotatable bonds is 12. The van der Waals surface area contributed by atoms with E-state index in [0.29, 0.717) is 30.8 Å². The van der Waals surface area contributed by atoms with Gasteiger partial charge in [-0.15, -0.1) is 0 Å². The Bertz CT molecular complexity index is 1870. The molecule has 0 spiro atoms. The van der Waals surface area contributed by atoms with Gasteiger partial charge in [-0.3, -0.25) is 14.3 Å². The van der Waals surface area contributed by atoms with Gasteiger partial charge in [0.05, 0.1) is 30.4 Å². The summed E-state index contributed by atoms with van der Waals surface area (Å²) < 4.78 is 30.8. The quantitative estimate of drug-likeness (QED) is 0.183. The molecule has 0 fully saturated rings. The van der Waals surface area contributed by atoms with E-state index in [2.05, 4.69) is 71.9 Å². The molecule has 0 amide bonds. The van der Waals surface area contributed by atoms with E-state index in [0.717, 1.165) is 29.8 Å². The van der Waals surface area contributed by atoms with E-state index in [4.69, 9.17) is 5.10 Å². The van der Waals surface area contributed by atoms with Crippen molar-refractivity contribution < 1.29 is 8.42 Å². The Labute approximate surface area is 265 Å². The van der Waals surface area contributed by atoms with Gasteiger partial charge in [0, 0.05) is 18.5 Å². The highest BCUT2D eigenvalue weighted by atomic mass is 32.2. The van der Waals surface area contributed by atoms with Crippen molar-refractivity contribution in [2.24, 2.45) is 0 Å². The largest absolute Gasteiger partial charge is 0.346 e. The number of hydrogen-bond donors (Lipinski definition) is 1. The molecule has 0 saturated carbocycles. The fourth-order valence-electron chi connectivity index (χ4n) is 5.19. The molecular weight excluding hydrogens is 584 g/mol. The third kappa shape index (κ3) is 8.33. The van der Waals surface area contributed by atoms with Crippen molar-refractivity contribution in [2.45, 2.75) is 71.2 Å². The second kappa shape index (κ2) is 13.6. The van der Waals surface area contributed by atoms with Crippen molar-refractivity contribution in [3.63, 3.8) is 0 Å². The first kappa shape index (κ1) is 31.8. The highest BCUT2D eigenvalue weighted by Crippen LogP contribution is 2.23. The number of aryl methyl sites for hydroxylation is 2. The van der Waals surface area contributed by atoms with Crippen LogP contribution >= 0.6 is 0 Å². The van der Waals surface area contributed by atoms with Gasteiger partial charge in [0.2, 0.25) is 10.0 Å². The normalized spacial score (nSPS) is 11.9. The van der Waals surface area contributed by atoms with Crippen LogP contribution in [-0.2, 0) is 47.1 Å².